The average Bonchev–Trinajstić information content (AvgIpc) is 2.03. The lowest BCUT2D eigenvalue weighted by Gasteiger charge is -2.22. The molecule has 0 bridgehead atoms. The van der Waals surface area contributed by atoms with E-state index < -0.39 is 14.5 Å². The van der Waals surface area contributed by atoms with Crippen molar-refractivity contribution < 1.29 is 8.53 Å². The van der Waals surface area contributed by atoms with Crippen molar-refractivity contribution in [2.45, 2.75) is 24.4 Å². The Morgan fingerprint density at radius 3 is 2.55 bits per heavy atom. The summed E-state index contributed by atoms with van der Waals surface area (Å²) in [4.78, 5) is 0. The Hall–Kier alpha value is 0.452. The van der Waals surface area contributed by atoms with Gasteiger partial charge in [0.2, 0.25) is 0 Å². The Morgan fingerprint density at radius 2 is 2.00 bits per heavy atom. The van der Waals surface area contributed by atoms with Crippen LogP contribution in [0.2, 0.25) is 11.6 Å². The molecule has 0 amide bonds. The van der Waals surface area contributed by atoms with E-state index in [4.69, 9.17) is 8.53 Å². The Labute approximate surface area is 73.6 Å². The molecule has 0 aliphatic carbocycles. The second-order valence-electron chi connectivity index (χ2n) is 3.44. The molecule has 0 radical (unpaired) electrons. The first-order chi connectivity index (χ1) is 5.29. The molecule has 0 saturated carbocycles. The molecule has 2 nitrogen and oxygen atoms in total. The molecule has 1 saturated heterocycles. The van der Waals surface area contributed by atoms with E-state index in [9.17, 15) is 0 Å². The van der Waals surface area contributed by atoms with Crippen molar-refractivity contribution in [2.75, 3.05) is 19.8 Å². The third-order valence-electron chi connectivity index (χ3n) is 2.01. The topological polar surface area (TPSA) is 18.5 Å². The molecule has 0 spiro atoms. The van der Waals surface area contributed by atoms with E-state index in [2.05, 4.69) is 11.6 Å². The van der Waals surface area contributed by atoms with Crippen molar-refractivity contribution in [3.05, 3.63) is 0 Å². The molecular formula is C8H17AlO2. The third kappa shape index (κ3) is 4.13. The van der Waals surface area contributed by atoms with Gasteiger partial charge in [0.15, 0.2) is 0 Å². The maximum Gasteiger partial charge on any atom is 0.453 e. The average molecular weight is 172 g/mol. The Balaban J connectivity index is 2.05. The van der Waals surface area contributed by atoms with Crippen LogP contribution in [0, 0.1) is 5.92 Å². The first-order valence-electron chi connectivity index (χ1n) is 4.48. The molecule has 0 aromatic carbocycles. The molecule has 0 unspecified atom stereocenters. The van der Waals surface area contributed by atoms with Crippen LogP contribution in [0.3, 0.4) is 0 Å². The van der Waals surface area contributed by atoms with Gasteiger partial charge in [-0.2, -0.15) is 0 Å². The Kier molecular flexibility index (Phi) is 4.48. The standard InChI is InChI=1S/C6H11O2.2CH3.Al/c7-5-6-1-3-8-4-2-6;;;/h6H,1-5H2;2*1H3;/q-1;;;+1. The maximum absolute atomic E-state index is 5.66. The smallest absolute Gasteiger partial charge is 0.453 e. The van der Waals surface area contributed by atoms with Crippen LogP contribution < -0.4 is 0 Å². The third-order valence-corrected chi connectivity index (χ3v) is 2.87. The molecule has 1 aliphatic rings. The molecule has 11 heavy (non-hydrogen) atoms. The predicted octanol–water partition coefficient (Wildman–Crippen LogP) is 1.68. The van der Waals surface area contributed by atoms with E-state index in [1.807, 2.05) is 0 Å². The largest absolute Gasteiger partial charge is 0.501 e. The molecule has 1 fully saturated rings. The van der Waals surface area contributed by atoms with Crippen molar-refractivity contribution >= 4 is 14.5 Å². The molecule has 1 heterocycles. The Bertz CT molecular complexity index is 100. The lowest BCUT2D eigenvalue weighted by atomic mass is 10.0. The van der Waals surface area contributed by atoms with E-state index in [-0.39, 0.29) is 0 Å². The molecule has 0 aromatic rings. The highest BCUT2D eigenvalue weighted by Crippen LogP contribution is 2.14. The van der Waals surface area contributed by atoms with E-state index in [1.54, 1.807) is 0 Å². The molecule has 0 aromatic heterocycles. The molecular weight excluding hydrogens is 155 g/mol. The van der Waals surface area contributed by atoms with Crippen LogP contribution in [-0.2, 0) is 8.53 Å². The van der Waals surface area contributed by atoms with Gasteiger partial charge in [0.05, 0.1) is 0 Å². The fourth-order valence-electron chi connectivity index (χ4n) is 1.24. The van der Waals surface area contributed by atoms with Crippen LogP contribution in [0.1, 0.15) is 12.8 Å². The lowest BCUT2D eigenvalue weighted by molar-refractivity contribution is 0.0496. The molecule has 3 heteroatoms. The maximum atomic E-state index is 5.66. The minimum absolute atomic E-state index is 0.777. The summed E-state index contributed by atoms with van der Waals surface area (Å²) in [6.45, 7) is 2.86. The van der Waals surface area contributed by atoms with Gasteiger partial charge in [0, 0.05) is 19.8 Å². The van der Waals surface area contributed by atoms with Gasteiger partial charge in [-0.15, -0.1) is 0 Å². The van der Waals surface area contributed by atoms with Gasteiger partial charge in [-0.25, -0.2) is 0 Å². The second kappa shape index (κ2) is 5.16. The van der Waals surface area contributed by atoms with Crippen LogP contribution in [0.5, 0.6) is 0 Å². The summed E-state index contributed by atoms with van der Waals surface area (Å²) in [6.07, 6.45) is 2.39. The second-order valence-corrected chi connectivity index (χ2v) is 5.87. The lowest BCUT2D eigenvalue weighted by Crippen LogP contribution is -2.22. The summed E-state index contributed by atoms with van der Waals surface area (Å²) in [6, 6.07) is 0. The van der Waals surface area contributed by atoms with Gasteiger partial charge in [-0.05, 0) is 18.8 Å². The first kappa shape index (κ1) is 9.54. The van der Waals surface area contributed by atoms with Crippen LogP contribution in [0.4, 0.5) is 0 Å². The predicted molar refractivity (Wildman–Crippen MR) is 47.0 cm³/mol. The van der Waals surface area contributed by atoms with Gasteiger partial charge < -0.3 is 8.53 Å². The molecule has 0 atom stereocenters. The highest BCUT2D eigenvalue weighted by atomic mass is 27.2. The van der Waals surface area contributed by atoms with E-state index in [1.165, 1.54) is 12.8 Å². The number of hydrogen-bond acceptors (Lipinski definition) is 2. The van der Waals surface area contributed by atoms with Gasteiger partial charge >= 0.3 is 14.5 Å². The quantitative estimate of drug-likeness (QED) is 0.603. The van der Waals surface area contributed by atoms with Crippen LogP contribution in [0.25, 0.3) is 0 Å². The fourth-order valence-corrected chi connectivity index (χ4v) is 1.90. The highest BCUT2D eigenvalue weighted by Gasteiger charge is 2.15. The summed E-state index contributed by atoms with van der Waals surface area (Å²) in [5.41, 5.74) is 0. The zero-order chi connectivity index (χ0) is 8.10. The minimum Gasteiger partial charge on any atom is -0.501 e. The fraction of sp³-hybridized carbons (Fsp3) is 1.00. The normalized spacial score (nSPS) is 20.2. The van der Waals surface area contributed by atoms with Gasteiger partial charge in [0.1, 0.15) is 0 Å². The van der Waals surface area contributed by atoms with Gasteiger partial charge in [-0.1, -0.05) is 11.6 Å². The minimum atomic E-state index is -0.782. The molecule has 0 N–H and O–H groups in total. The van der Waals surface area contributed by atoms with Crippen molar-refractivity contribution in [3.63, 3.8) is 0 Å². The summed E-state index contributed by atoms with van der Waals surface area (Å²) in [7, 11) is 0. The first-order valence-corrected chi connectivity index (χ1v) is 7.26. The summed E-state index contributed by atoms with van der Waals surface area (Å²) < 4.78 is 10.9. The van der Waals surface area contributed by atoms with Crippen molar-refractivity contribution in [2.24, 2.45) is 5.92 Å². The zero-order valence-corrected chi connectivity index (χ0v) is 8.66. The number of rotatable bonds is 3. The summed E-state index contributed by atoms with van der Waals surface area (Å²) in [5.74, 6) is 5.22. The van der Waals surface area contributed by atoms with Crippen LogP contribution in [0.15, 0.2) is 0 Å². The zero-order valence-electron chi connectivity index (χ0n) is 7.51. The van der Waals surface area contributed by atoms with Crippen molar-refractivity contribution in [3.8, 4) is 0 Å². The van der Waals surface area contributed by atoms with Crippen molar-refractivity contribution in [1.29, 1.82) is 0 Å². The van der Waals surface area contributed by atoms with Crippen LogP contribution in [-0.4, -0.2) is 34.3 Å². The van der Waals surface area contributed by atoms with Crippen LogP contribution >= 0.6 is 0 Å². The molecule has 1 aliphatic heterocycles. The Morgan fingerprint density at radius 1 is 1.36 bits per heavy atom. The number of hydrogen-bond donors (Lipinski definition) is 0. The monoisotopic (exact) mass is 172 g/mol. The molecule has 1 rings (SSSR count). The van der Waals surface area contributed by atoms with Gasteiger partial charge in [0.25, 0.3) is 0 Å². The molecule has 64 valence electrons. The van der Waals surface area contributed by atoms with Crippen molar-refractivity contribution in [1.82, 2.24) is 0 Å². The van der Waals surface area contributed by atoms with E-state index >= 15 is 0 Å². The summed E-state index contributed by atoms with van der Waals surface area (Å²) >= 11 is -0.782. The SMILES string of the molecule is [CH3][Al]([CH3])[O]CC1CCOCC1. The summed E-state index contributed by atoms with van der Waals surface area (Å²) in [5, 5.41) is 0. The number of ether oxygens (including phenoxy) is 1. The van der Waals surface area contributed by atoms with E-state index in [0.717, 1.165) is 25.7 Å². The highest BCUT2D eigenvalue weighted by molar-refractivity contribution is 6.48. The van der Waals surface area contributed by atoms with Gasteiger partial charge in [-0.3, -0.25) is 0 Å². The van der Waals surface area contributed by atoms with E-state index in [0.29, 0.717) is 0 Å².